The van der Waals surface area contributed by atoms with Crippen LogP contribution < -0.4 is 5.32 Å². The molecule has 1 atom stereocenters. The standard InChI is InChI=1S/C14H25BrN2O3S/c1-9(2)11(5)17(6)21(18,19)13-7-12(20-14(13)15)8-16-10(3)4/h7,9-11,16H,8H2,1-6H3. The van der Waals surface area contributed by atoms with E-state index in [1.54, 1.807) is 13.1 Å². The summed E-state index contributed by atoms with van der Waals surface area (Å²) in [7, 11) is -1.96. The van der Waals surface area contributed by atoms with E-state index in [9.17, 15) is 8.42 Å². The van der Waals surface area contributed by atoms with Crippen molar-refractivity contribution in [1.29, 1.82) is 0 Å². The Bertz CT molecular complexity index is 567. The van der Waals surface area contributed by atoms with Gasteiger partial charge in [0.15, 0.2) is 4.67 Å². The molecule has 122 valence electrons. The van der Waals surface area contributed by atoms with Crippen LogP contribution in [0.25, 0.3) is 0 Å². The van der Waals surface area contributed by atoms with E-state index in [0.717, 1.165) is 0 Å². The lowest BCUT2D eigenvalue weighted by molar-refractivity contribution is 0.315. The molecule has 0 aliphatic rings. The van der Waals surface area contributed by atoms with Crippen LogP contribution in [-0.2, 0) is 16.6 Å². The molecule has 7 heteroatoms. The van der Waals surface area contributed by atoms with Crippen LogP contribution >= 0.6 is 15.9 Å². The summed E-state index contributed by atoms with van der Waals surface area (Å²) in [6.45, 7) is 10.4. The van der Waals surface area contributed by atoms with Crippen molar-refractivity contribution in [3.63, 3.8) is 0 Å². The molecule has 1 rings (SSSR count). The van der Waals surface area contributed by atoms with E-state index in [4.69, 9.17) is 4.42 Å². The van der Waals surface area contributed by atoms with Gasteiger partial charge in [0, 0.05) is 25.2 Å². The third-order valence-corrected chi connectivity index (χ3v) is 6.39. The molecule has 1 heterocycles. The highest BCUT2D eigenvalue weighted by Crippen LogP contribution is 2.30. The number of nitrogens with one attached hydrogen (secondary N) is 1. The molecule has 0 spiro atoms. The number of hydrogen-bond acceptors (Lipinski definition) is 4. The Labute approximate surface area is 136 Å². The number of rotatable bonds is 7. The first-order chi connectivity index (χ1) is 9.57. The van der Waals surface area contributed by atoms with E-state index in [1.165, 1.54) is 4.31 Å². The van der Waals surface area contributed by atoms with E-state index in [2.05, 4.69) is 21.2 Å². The third-order valence-electron chi connectivity index (χ3n) is 3.59. The molecule has 21 heavy (non-hydrogen) atoms. The number of sulfonamides is 1. The molecule has 1 unspecified atom stereocenters. The van der Waals surface area contributed by atoms with Crippen molar-refractivity contribution in [1.82, 2.24) is 9.62 Å². The Morgan fingerprint density at radius 3 is 2.33 bits per heavy atom. The highest BCUT2D eigenvalue weighted by atomic mass is 79.9. The topological polar surface area (TPSA) is 62.6 Å². The van der Waals surface area contributed by atoms with Crippen LogP contribution in [0.1, 0.15) is 40.4 Å². The van der Waals surface area contributed by atoms with Gasteiger partial charge in [0.2, 0.25) is 10.0 Å². The molecule has 1 aromatic heterocycles. The van der Waals surface area contributed by atoms with Gasteiger partial charge in [-0.3, -0.25) is 0 Å². The lowest BCUT2D eigenvalue weighted by atomic mass is 10.1. The zero-order valence-corrected chi connectivity index (χ0v) is 15.9. The molecule has 0 fully saturated rings. The van der Waals surface area contributed by atoms with E-state index in [0.29, 0.717) is 18.3 Å². The third kappa shape index (κ3) is 4.55. The lowest BCUT2D eigenvalue weighted by Crippen LogP contribution is -2.38. The fourth-order valence-corrected chi connectivity index (χ4v) is 4.21. The molecule has 0 radical (unpaired) electrons. The van der Waals surface area contributed by atoms with Gasteiger partial charge in [0.1, 0.15) is 10.7 Å². The average Bonchev–Trinajstić information content (AvgIpc) is 2.76. The van der Waals surface area contributed by atoms with Crippen molar-refractivity contribution in [3.05, 3.63) is 16.5 Å². The molecule has 0 aliphatic heterocycles. The number of hydrogen-bond donors (Lipinski definition) is 1. The summed E-state index contributed by atoms with van der Waals surface area (Å²) in [5.74, 6) is 0.831. The maximum absolute atomic E-state index is 12.7. The Morgan fingerprint density at radius 1 is 1.29 bits per heavy atom. The molecule has 5 nitrogen and oxygen atoms in total. The summed E-state index contributed by atoms with van der Waals surface area (Å²) in [4.78, 5) is 0.179. The van der Waals surface area contributed by atoms with Crippen molar-refractivity contribution >= 4 is 26.0 Å². The Hall–Kier alpha value is -0.370. The van der Waals surface area contributed by atoms with Crippen LogP contribution in [0.4, 0.5) is 0 Å². The molecule has 0 bridgehead atoms. The van der Waals surface area contributed by atoms with Crippen molar-refractivity contribution in [3.8, 4) is 0 Å². The molecule has 0 saturated heterocycles. The van der Waals surface area contributed by atoms with Crippen LogP contribution in [0.15, 0.2) is 20.0 Å². The highest BCUT2D eigenvalue weighted by molar-refractivity contribution is 9.10. The lowest BCUT2D eigenvalue weighted by Gasteiger charge is -2.26. The largest absolute Gasteiger partial charge is 0.452 e. The second kappa shape index (κ2) is 7.26. The minimum Gasteiger partial charge on any atom is -0.452 e. The normalized spacial score (nSPS) is 14.4. The van der Waals surface area contributed by atoms with Crippen molar-refractivity contribution in [2.24, 2.45) is 5.92 Å². The van der Waals surface area contributed by atoms with Gasteiger partial charge in [-0.2, -0.15) is 4.31 Å². The summed E-state index contributed by atoms with van der Waals surface area (Å²) in [6, 6.07) is 1.80. The first kappa shape index (κ1) is 18.7. The van der Waals surface area contributed by atoms with E-state index >= 15 is 0 Å². The quantitative estimate of drug-likeness (QED) is 0.788. The monoisotopic (exact) mass is 380 g/mol. The first-order valence-corrected chi connectivity index (χ1v) is 9.30. The van der Waals surface area contributed by atoms with Gasteiger partial charge in [0.05, 0.1) is 6.54 Å². The van der Waals surface area contributed by atoms with Crippen LogP contribution in [0.2, 0.25) is 0 Å². The number of furan rings is 1. The predicted molar refractivity (Wildman–Crippen MR) is 87.6 cm³/mol. The van der Waals surface area contributed by atoms with Crippen LogP contribution in [0.5, 0.6) is 0 Å². The molecule has 0 aromatic carbocycles. The number of nitrogens with zero attached hydrogens (tertiary/aromatic N) is 1. The van der Waals surface area contributed by atoms with E-state index in [1.807, 2.05) is 34.6 Å². The minimum absolute atomic E-state index is 0.0889. The fourth-order valence-electron chi connectivity index (χ4n) is 1.76. The van der Waals surface area contributed by atoms with Crippen LogP contribution in [-0.4, -0.2) is 31.9 Å². The Kier molecular flexibility index (Phi) is 6.46. The molecule has 1 aromatic rings. The highest BCUT2D eigenvalue weighted by Gasteiger charge is 2.31. The van der Waals surface area contributed by atoms with Gasteiger partial charge in [0.25, 0.3) is 0 Å². The smallest absolute Gasteiger partial charge is 0.247 e. The zero-order chi connectivity index (χ0) is 16.4. The van der Waals surface area contributed by atoms with Crippen LogP contribution in [0, 0.1) is 5.92 Å². The summed E-state index contributed by atoms with van der Waals surface area (Å²) in [5, 5.41) is 3.20. The molecule has 0 aliphatic carbocycles. The molecule has 0 saturated carbocycles. The summed E-state index contributed by atoms with van der Waals surface area (Å²) in [5.41, 5.74) is 0. The van der Waals surface area contributed by atoms with Gasteiger partial charge in [-0.1, -0.05) is 27.7 Å². The first-order valence-electron chi connectivity index (χ1n) is 7.07. The van der Waals surface area contributed by atoms with Gasteiger partial charge in [-0.25, -0.2) is 8.42 Å². The van der Waals surface area contributed by atoms with E-state index in [-0.39, 0.29) is 21.5 Å². The van der Waals surface area contributed by atoms with Crippen molar-refractivity contribution in [2.75, 3.05) is 7.05 Å². The maximum atomic E-state index is 12.7. The predicted octanol–water partition coefficient (Wildman–Crippen LogP) is 3.21. The minimum atomic E-state index is -3.57. The summed E-state index contributed by atoms with van der Waals surface area (Å²) in [6.07, 6.45) is 0. The van der Waals surface area contributed by atoms with Gasteiger partial charge >= 0.3 is 0 Å². The van der Waals surface area contributed by atoms with Gasteiger partial charge < -0.3 is 9.73 Å². The molecular formula is C14H25BrN2O3S. The second-order valence-corrected chi connectivity index (χ2v) is 8.58. The molecule has 1 N–H and O–H groups in total. The number of halogens is 1. The fraction of sp³-hybridized carbons (Fsp3) is 0.714. The van der Waals surface area contributed by atoms with Crippen molar-refractivity contribution < 1.29 is 12.8 Å². The Balaban J connectivity index is 3.03. The van der Waals surface area contributed by atoms with Crippen molar-refractivity contribution in [2.45, 2.75) is 58.1 Å². The van der Waals surface area contributed by atoms with E-state index < -0.39 is 10.0 Å². The van der Waals surface area contributed by atoms with Gasteiger partial charge in [-0.15, -0.1) is 0 Å². The zero-order valence-electron chi connectivity index (χ0n) is 13.5. The molecular weight excluding hydrogens is 356 g/mol. The van der Waals surface area contributed by atoms with Gasteiger partial charge in [-0.05, 0) is 28.8 Å². The SMILES string of the molecule is CC(C)NCc1cc(S(=O)(=O)N(C)C(C)C(C)C)c(Br)o1. The average molecular weight is 381 g/mol. The molecule has 0 amide bonds. The van der Waals surface area contributed by atoms with Crippen LogP contribution in [0.3, 0.4) is 0 Å². The summed E-state index contributed by atoms with van der Waals surface area (Å²) >= 11 is 3.21. The summed E-state index contributed by atoms with van der Waals surface area (Å²) < 4.78 is 32.5. The maximum Gasteiger partial charge on any atom is 0.247 e. The Morgan fingerprint density at radius 2 is 1.86 bits per heavy atom. The second-order valence-electron chi connectivity index (χ2n) is 5.89.